The molecule has 0 unspecified atom stereocenters. The Morgan fingerprint density at radius 3 is 2.70 bits per heavy atom. The second kappa shape index (κ2) is 6.86. The minimum absolute atomic E-state index is 0. The van der Waals surface area contributed by atoms with E-state index in [9.17, 15) is 0 Å². The fourth-order valence-corrected chi connectivity index (χ4v) is 3.71. The molecule has 3 aromatic heterocycles. The van der Waals surface area contributed by atoms with Crippen LogP contribution in [0.4, 0.5) is 0 Å². The van der Waals surface area contributed by atoms with Crippen molar-refractivity contribution in [2.75, 3.05) is 0 Å². The van der Waals surface area contributed by atoms with Crippen LogP contribution < -0.4 is 4.74 Å². The van der Waals surface area contributed by atoms with E-state index in [1.54, 1.807) is 6.20 Å². The Balaban J connectivity index is 0.00000180. The van der Waals surface area contributed by atoms with Crippen LogP contribution in [0.5, 0.6) is 11.6 Å². The van der Waals surface area contributed by atoms with Crippen LogP contribution in [-0.2, 0) is 6.54 Å². The summed E-state index contributed by atoms with van der Waals surface area (Å²) in [6.07, 6.45) is 8.15. The van der Waals surface area contributed by atoms with Crippen molar-refractivity contribution in [2.24, 2.45) is 5.92 Å². The second-order valence-corrected chi connectivity index (χ2v) is 7.23. The van der Waals surface area contributed by atoms with Crippen molar-refractivity contribution >= 4 is 34.1 Å². The van der Waals surface area contributed by atoms with Crippen molar-refractivity contribution < 1.29 is 4.74 Å². The Kier molecular flexibility index (Phi) is 4.52. The summed E-state index contributed by atoms with van der Waals surface area (Å²) in [5.74, 6) is 2.29. The molecule has 1 fully saturated rings. The molecule has 1 aromatic carbocycles. The zero-order chi connectivity index (χ0) is 17.7. The van der Waals surface area contributed by atoms with Gasteiger partial charge in [-0.15, -0.1) is 12.4 Å². The highest BCUT2D eigenvalue weighted by Gasteiger charge is 2.25. The average Bonchev–Trinajstić information content (AvgIpc) is 3.46. The molecular formula is C22H22ClN3O. The van der Waals surface area contributed by atoms with Gasteiger partial charge in [0.15, 0.2) is 0 Å². The van der Waals surface area contributed by atoms with Crippen molar-refractivity contribution in [1.29, 1.82) is 0 Å². The number of ether oxygens (including phenoxy) is 1. The van der Waals surface area contributed by atoms with Gasteiger partial charge in [-0.1, -0.05) is 12.1 Å². The molecule has 0 saturated heterocycles. The van der Waals surface area contributed by atoms with Gasteiger partial charge in [0.1, 0.15) is 11.3 Å². The molecule has 27 heavy (non-hydrogen) atoms. The molecule has 5 rings (SSSR count). The molecule has 0 spiro atoms. The van der Waals surface area contributed by atoms with Crippen LogP contribution in [0.25, 0.3) is 21.7 Å². The number of halogens is 1. The number of hydrogen-bond donors (Lipinski definition) is 0. The van der Waals surface area contributed by atoms with Crippen LogP contribution in [0.1, 0.15) is 24.1 Å². The topological polar surface area (TPSA) is 39.9 Å². The number of rotatable bonds is 4. The molecule has 0 aliphatic heterocycles. The highest BCUT2D eigenvalue weighted by Crippen LogP contribution is 2.38. The van der Waals surface area contributed by atoms with Crippen molar-refractivity contribution in [1.82, 2.24) is 14.5 Å². The summed E-state index contributed by atoms with van der Waals surface area (Å²) < 4.78 is 8.76. The van der Waals surface area contributed by atoms with Crippen LogP contribution in [-0.4, -0.2) is 14.5 Å². The molecule has 1 saturated carbocycles. The van der Waals surface area contributed by atoms with Gasteiger partial charge in [-0.05, 0) is 56.4 Å². The number of hydrogen-bond acceptors (Lipinski definition) is 3. The van der Waals surface area contributed by atoms with Gasteiger partial charge in [0, 0.05) is 47.0 Å². The third kappa shape index (κ3) is 3.04. The number of benzene rings is 1. The summed E-state index contributed by atoms with van der Waals surface area (Å²) in [5.41, 5.74) is 3.74. The van der Waals surface area contributed by atoms with E-state index in [1.165, 1.54) is 29.5 Å². The predicted molar refractivity (Wildman–Crippen MR) is 111 cm³/mol. The summed E-state index contributed by atoms with van der Waals surface area (Å²) in [5, 5.41) is 3.35. The molecule has 0 atom stereocenters. The van der Waals surface area contributed by atoms with Gasteiger partial charge in [-0.25, -0.2) is 4.98 Å². The first-order valence-electron chi connectivity index (χ1n) is 9.17. The van der Waals surface area contributed by atoms with E-state index in [4.69, 9.17) is 4.74 Å². The fourth-order valence-electron chi connectivity index (χ4n) is 3.71. The highest BCUT2D eigenvalue weighted by atomic mass is 35.5. The molecule has 4 nitrogen and oxygen atoms in total. The third-order valence-electron chi connectivity index (χ3n) is 5.50. The first-order valence-corrected chi connectivity index (χ1v) is 9.17. The maximum Gasteiger partial charge on any atom is 0.244 e. The monoisotopic (exact) mass is 379 g/mol. The van der Waals surface area contributed by atoms with Gasteiger partial charge in [0.25, 0.3) is 0 Å². The standard InChI is InChI=1S/C22H21N3O.ClH/c1-14-15(2)25(13-16-6-7-16)21-18(14)9-11-24-22(21)26-20-5-3-4-17-12-23-10-8-19(17)20;/h3-5,8-12,16H,6-7,13H2,1-2H3;1H. The summed E-state index contributed by atoms with van der Waals surface area (Å²) in [4.78, 5) is 8.80. The SMILES string of the molecule is Cc1c(C)n(CC2CC2)c2c(Oc3cccc4cnccc34)nccc12.Cl. The van der Waals surface area contributed by atoms with Crippen molar-refractivity contribution in [2.45, 2.75) is 33.2 Å². The van der Waals surface area contributed by atoms with Crippen LogP contribution in [0.3, 0.4) is 0 Å². The summed E-state index contributed by atoms with van der Waals surface area (Å²) >= 11 is 0. The Morgan fingerprint density at radius 1 is 1.07 bits per heavy atom. The summed E-state index contributed by atoms with van der Waals surface area (Å²) in [7, 11) is 0. The normalized spacial score (nSPS) is 13.7. The molecule has 138 valence electrons. The quantitative estimate of drug-likeness (QED) is 0.448. The first-order chi connectivity index (χ1) is 12.7. The van der Waals surface area contributed by atoms with Gasteiger partial charge in [0.2, 0.25) is 5.88 Å². The summed E-state index contributed by atoms with van der Waals surface area (Å²) in [6.45, 7) is 5.44. The molecule has 1 aliphatic rings. The van der Waals surface area contributed by atoms with E-state index in [2.05, 4.69) is 34.4 Å². The van der Waals surface area contributed by atoms with Gasteiger partial charge < -0.3 is 9.30 Å². The van der Waals surface area contributed by atoms with E-state index in [0.717, 1.165) is 34.5 Å². The number of fused-ring (bicyclic) bond motifs is 2. The molecule has 3 heterocycles. The molecule has 0 amide bonds. The summed E-state index contributed by atoms with van der Waals surface area (Å²) in [6, 6.07) is 10.1. The number of pyridine rings is 2. The smallest absolute Gasteiger partial charge is 0.244 e. The van der Waals surface area contributed by atoms with Gasteiger partial charge >= 0.3 is 0 Å². The second-order valence-electron chi connectivity index (χ2n) is 7.23. The van der Waals surface area contributed by atoms with E-state index < -0.39 is 0 Å². The van der Waals surface area contributed by atoms with E-state index in [-0.39, 0.29) is 12.4 Å². The minimum atomic E-state index is 0. The lowest BCUT2D eigenvalue weighted by Crippen LogP contribution is -2.03. The van der Waals surface area contributed by atoms with E-state index >= 15 is 0 Å². The number of nitrogens with zero attached hydrogens (tertiary/aromatic N) is 3. The van der Waals surface area contributed by atoms with Crippen molar-refractivity contribution in [3.63, 3.8) is 0 Å². The largest absolute Gasteiger partial charge is 0.436 e. The van der Waals surface area contributed by atoms with Gasteiger partial charge in [-0.3, -0.25) is 4.98 Å². The van der Waals surface area contributed by atoms with Crippen LogP contribution in [0, 0.1) is 19.8 Å². The fraction of sp³-hybridized carbons (Fsp3) is 0.273. The first kappa shape index (κ1) is 17.8. The Labute approximate surface area is 164 Å². The molecule has 5 heteroatoms. The van der Waals surface area contributed by atoms with Gasteiger partial charge in [-0.2, -0.15) is 0 Å². The molecular weight excluding hydrogens is 358 g/mol. The average molecular weight is 380 g/mol. The molecule has 0 bridgehead atoms. The molecule has 4 aromatic rings. The van der Waals surface area contributed by atoms with E-state index in [0.29, 0.717) is 5.88 Å². The van der Waals surface area contributed by atoms with Crippen molar-refractivity contribution in [3.8, 4) is 11.6 Å². The third-order valence-corrected chi connectivity index (χ3v) is 5.50. The lowest BCUT2D eigenvalue weighted by atomic mass is 10.1. The molecule has 1 aliphatic carbocycles. The Hall–Kier alpha value is -2.59. The molecule has 0 radical (unpaired) electrons. The maximum atomic E-state index is 6.36. The minimum Gasteiger partial charge on any atom is -0.436 e. The maximum absolute atomic E-state index is 6.36. The lowest BCUT2D eigenvalue weighted by Gasteiger charge is -2.12. The van der Waals surface area contributed by atoms with E-state index in [1.807, 2.05) is 36.7 Å². The van der Waals surface area contributed by atoms with Crippen LogP contribution in [0.2, 0.25) is 0 Å². The number of aryl methyl sites for hydroxylation is 1. The van der Waals surface area contributed by atoms with Gasteiger partial charge in [0.05, 0.1) is 0 Å². The molecule has 0 N–H and O–H groups in total. The highest BCUT2D eigenvalue weighted by molar-refractivity contribution is 5.91. The number of aromatic nitrogens is 3. The predicted octanol–water partition coefficient (Wildman–Crippen LogP) is 5.83. The van der Waals surface area contributed by atoms with Crippen LogP contribution >= 0.6 is 12.4 Å². The van der Waals surface area contributed by atoms with Crippen molar-refractivity contribution in [3.05, 3.63) is 60.2 Å². The Morgan fingerprint density at radius 2 is 1.89 bits per heavy atom. The zero-order valence-electron chi connectivity index (χ0n) is 15.5. The Bertz CT molecular complexity index is 1130. The van der Waals surface area contributed by atoms with Crippen LogP contribution in [0.15, 0.2) is 48.9 Å². The zero-order valence-corrected chi connectivity index (χ0v) is 16.3. The lowest BCUT2D eigenvalue weighted by molar-refractivity contribution is 0.469.